The van der Waals surface area contributed by atoms with Gasteiger partial charge in [-0.25, -0.2) is 9.59 Å². The van der Waals surface area contributed by atoms with Crippen LogP contribution in [-0.4, -0.2) is 153 Å². The van der Waals surface area contributed by atoms with E-state index >= 15 is 0 Å². The smallest absolute Gasteiger partial charge is 0.407 e. The molecule has 3 atom stereocenters. The summed E-state index contributed by atoms with van der Waals surface area (Å²) in [6.07, 6.45) is 1.23. The first-order valence-electron chi connectivity index (χ1n) is 20.7. The Morgan fingerprint density at radius 2 is 1.05 bits per heavy atom. The highest BCUT2D eigenvalue weighted by molar-refractivity contribution is 6.04. The largest absolute Gasteiger partial charge is 0.450 e. The molecule has 0 saturated carbocycles. The zero-order chi connectivity index (χ0) is 45.9. The molecule has 0 spiro atoms. The molecule has 2 saturated heterocycles. The van der Waals surface area contributed by atoms with Gasteiger partial charge in [0.2, 0.25) is 47.3 Å². The fourth-order valence-corrected chi connectivity index (χ4v) is 5.98. The summed E-state index contributed by atoms with van der Waals surface area (Å²) in [5.41, 5.74) is 0. The van der Waals surface area contributed by atoms with E-state index in [1.807, 2.05) is 0 Å². The lowest BCUT2D eigenvalue weighted by Gasteiger charge is -2.16. The lowest BCUT2D eigenvalue weighted by molar-refractivity contribution is -0.141. The summed E-state index contributed by atoms with van der Waals surface area (Å²) in [4.78, 5) is 132. The molecule has 0 aromatic heterocycles. The van der Waals surface area contributed by atoms with Crippen molar-refractivity contribution in [3.63, 3.8) is 0 Å². The molecule has 0 radical (unpaired) electrons. The van der Waals surface area contributed by atoms with Crippen molar-refractivity contribution in [3.8, 4) is 0 Å². The van der Waals surface area contributed by atoms with E-state index in [0.717, 1.165) is 9.80 Å². The molecule has 22 heteroatoms. The van der Waals surface area contributed by atoms with E-state index in [0.29, 0.717) is 32.4 Å². The van der Waals surface area contributed by atoms with Crippen LogP contribution in [0.2, 0.25) is 0 Å². The summed E-state index contributed by atoms with van der Waals surface area (Å²) in [6, 6.07) is -0.980. The average Bonchev–Trinajstić information content (AvgIpc) is 3.60. The Morgan fingerprint density at radius 1 is 0.623 bits per heavy atom. The van der Waals surface area contributed by atoms with Gasteiger partial charge in [0.15, 0.2) is 5.78 Å². The monoisotopic (exact) mass is 867 g/mol. The number of nitrogens with one attached hydrogen (secondary N) is 7. The van der Waals surface area contributed by atoms with Gasteiger partial charge in [0.1, 0.15) is 0 Å². The molecule has 3 unspecified atom stereocenters. The molecule has 0 aromatic rings. The number of Topliss-reactive ketones (excluding diaryl/α,β-unsaturated/α-hetero) is 1. The number of ether oxygens (including phenoxy) is 2. The minimum atomic E-state index is -0.586. The van der Waals surface area contributed by atoms with Crippen molar-refractivity contribution >= 4 is 65.2 Å². The molecule has 0 bridgehead atoms. The molecule has 2 aliphatic rings. The van der Waals surface area contributed by atoms with Crippen molar-refractivity contribution in [2.24, 2.45) is 11.8 Å². The molecule has 10 amide bonds. The van der Waals surface area contributed by atoms with Crippen LogP contribution in [0.3, 0.4) is 0 Å². The second-order valence-electron chi connectivity index (χ2n) is 14.4. The molecule has 0 aromatic carbocycles. The minimum absolute atomic E-state index is 0.0152. The summed E-state index contributed by atoms with van der Waals surface area (Å²) in [5.74, 6) is -3.24. The van der Waals surface area contributed by atoms with Crippen LogP contribution in [0.4, 0.5) is 9.59 Å². The number of ketones is 1. The van der Waals surface area contributed by atoms with Crippen LogP contribution in [0.25, 0.3) is 0 Å². The number of amides is 10. The first-order chi connectivity index (χ1) is 28.9. The van der Waals surface area contributed by atoms with Crippen molar-refractivity contribution in [2.75, 3.05) is 66.1 Å². The molecular formula is C39H65N9O13. The molecular weight excluding hydrogens is 802 g/mol. The van der Waals surface area contributed by atoms with E-state index in [4.69, 9.17) is 9.47 Å². The molecule has 344 valence electrons. The first-order valence-corrected chi connectivity index (χ1v) is 20.7. The van der Waals surface area contributed by atoms with Crippen LogP contribution in [0.5, 0.6) is 0 Å². The molecule has 22 nitrogen and oxygen atoms in total. The fraction of sp³-hybridized carbons (Fsp3) is 0.718. The predicted molar refractivity (Wildman–Crippen MR) is 218 cm³/mol. The predicted octanol–water partition coefficient (Wildman–Crippen LogP) is -1.00. The van der Waals surface area contributed by atoms with Crippen molar-refractivity contribution in [1.29, 1.82) is 0 Å². The Labute approximate surface area is 356 Å². The maximum Gasteiger partial charge on any atom is 0.407 e. The van der Waals surface area contributed by atoms with Crippen molar-refractivity contribution in [3.05, 3.63) is 0 Å². The van der Waals surface area contributed by atoms with Crippen LogP contribution in [0.15, 0.2) is 0 Å². The summed E-state index contributed by atoms with van der Waals surface area (Å²) in [5, 5.41) is 18.6. The third kappa shape index (κ3) is 21.9. The number of rotatable bonds is 26. The quantitative estimate of drug-likeness (QED) is 0.0406. The van der Waals surface area contributed by atoms with Gasteiger partial charge in [0, 0.05) is 102 Å². The molecule has 61 heavy (non-hydrogen) atoms. The Hall–Kier alpha value is -5.67. The normalized spacial score (nSPS) is 16.8. The van der Waals surface area contributed by atoms with E-state index in [9.17, 15) is 52.7 Å². The highest BCUT2D eigenvalue weighted by Crippen LogP contribution is 2.19. The Balaban J connectivity index is 0.000000782. The van der Waals surface area contributed by atoms with E-state index in [1.54, 1.807) is 34.7 Å². The number of imide groups is 2. The molecule has 7 N–H and O–H groups in total. The number of unbranched alkanes of at least 4 members (excludes halogenated alkanes) is 1. The topological polar surface area (TPSA) is 297 Å². The van der Waals surface area contributed by atoms with Gasteiger partial charge in [-0.1, -0.05) is 13.8 Å². The van der Waals surface area contributed by atoms with Gasteiger partial charge in [0.05, 0.1) is 19.3 Å². The molecule has 2 aliphatic heterocycles. The maximum absolute atomic E-state index is 12.2. The lowest BCUT2D eigenvalue weighted by Crippen LogP contribution is -2.42. The van der Waals surface area contributed by atoms with Crippen LogP contribution in [0.1, 0.15) is 92.4 Å². The average molecular weight is 868 g/mol. The highest BCUT2D eigenvalue weighted by atomic mass is 16.6. The van der Waals surface area contributed by atoms with Gasteiger partial charge < -0.3 is 46.7 Å². The fourth-order valence-electron chi connectivity index (χ4n) is 5.98. The standard InChI is InChI=1S/C26H41N7O8.C13H24N2O5/c1-16-12-23(38)32(25(16)40)10-4-19(34)28-6-8-30-21(36)14-18(27-3)15-22(37)31-9-7-29-20(35)5-11-33-24(39)13-17(2)26(33)41;1-4-19-12(17)14-9-7-6-8-11(10(3)16)15-13(18)20-5-2/h16-18,27H,4-15H2,1-3H3,(H,28,34)(H,29,35)(H,30,36)(H,31,37);11H,4-9H2,1-3H3,(H,14,17)(H,15,18). The highest BCUT2D eigenvalue weighted by Gasteiger charge is 2.36. The second kappa shape index (κ2) is 29.5. The number of likely N-dealkylation sites (tertiary alicyclic amines) is 2. The maximum atomic E-state index is 12.2. The van der Waals surface area contributed by atoms with Crippen LogP contribution in [0, 0.1) is 11.8 Å². The third-order valence-corrected chi connectivity index (χ3v) is 9.40. The minimum Gasteiger partial charge on any atom is -0.450 e. The molecule has 2 fully saturated rings. The zero-order valence-corrected chi connectivity index (χ0v) is 36.2. The molecule has 2 heterocycles. The summed E-state index contributed by atoms with van der Waals surface area (Å²) in [7, 11) is 1.62. The van der Waals surface area contributed by atoms with E-state index in [2.05, 4.69) is 37.2 Å². The number of alkyl carbamates (subject to hydrolysis) is 2. The molecule has 2 rings (SSSR count). The summed E-state index contributed by atoms with van der Waals surface area (Å²) >= 11 is 0. The summed E-state index contributed by atoms with van der Waals surface area (Å²) in [6.45, 7) is 10.0. The van der Waals surface area contributed by atoms with Crippen molar-refractivity contribution < 1.29 is 62.2 Å². The van der Waals surface area contributed by atoms with Gasteiger partial charge in [-0.3, -0.25) is 53.0 Å². The van der Waals surface area contributed by atoms with Gasteiger partial charge in [-0.15, -0.1) is 0 Å². The van der Waals surface area contributed by atoms with E-state index in [1.165, 1.54) is 6.92 Å². The van der Waals surface area contributed by atoms with E-state index in [-0.39, 0.29) is 149 Å². The lowest BCUT2D eigenvalue weighted by atomic mass is 10.1. The number of nitrogens with zero attached hydrogens (tertiary/aromatic N) is 2. The van der Waals surface area contributed by atoms with E-state index < -0.39 is 24.3 Å². The molecule has 0 aliphatic carbocycles. The summed E-state index contributed by atoms with van der Waals surface area (Å²) < 4.78 is 9.44. The zero-order valence-electron chi connectivity index (χ0n) is 36.2. The number of carbonyl (C=O) groups excluding carboxylic acids is 11. The number of hydrogen-bond acceptors (Lipinski definition) is 14. The second-order valence-corrected chi connectivity index (χ2v) is 14.4. The van der Waals surface area contributed by atoms with Crippen LogP contribution < -0.4 is 37.2 Å². The van der Waals surface area contributed by atoms with Crippen LogP contribution in [-0.2, 0) is 52.6 Å². The Morgan fingerprint density at radius 3 is 1.43 bits per heavy atom. The van der Waals surface area contributed by atoms with Gasteiger partial charge in [-0.2, -0.15) is 0 Å². The third-order valence-electron chi connectivity index (χ3n) is 9.40. The van der Waals surface area contributed by atoms with Crippen molar-refractivity contribution in [2.45, 2.75) is 104 Å². The van der Waals surface area contributed by atoms with Gasteiger partial charge in [0.25, 0.3) is 0 Å². The first kappa shape index (κ1) is 53.3. The number of hydrogen-bond donors (Lipinski definition) is 7. The van der Waals surface area contributed by atoms with Crippen molar-refractivity contribution in [1.82, 2.24) is 47.0 Å². The Kier molecular flexibility index (Phi) is 25.8. The van der Waals surface area contributed by atoms with Gasteiger partial charge in [-0.05, 0) is 47.1 Å². The Bertz CT molecular complexity index is 1470. The van der Waals surface area contributed by atoms with Crippen LogP contribution >= 0.6 is 0 Å². The number of carbonyl (C=O) groups is 11. The SMILES string of the molecule is CCOC(=O)NCCCCC(NC(=O)OCC)C(C)=O.CNC(CC(=O)NCCNC(=O)CCN1C(=O)CC(C)C1=O)CC(=O)NCCNC(=O)CCN1C(=O)CC(C)C1=O. The van der Waals surface area contributed by atoms with Gasteiger partial charge >= 0.3 is 12.2 Å².